The Morgan fingerprint density at radius 3 is 2.64 bits per heavy atom. The minimum absolute atomic E-state index is 0.0479. The summed E-state index contributed by atoms with van der Waals surface area (Å²) in [4.78, 5) is 14.3. The van der Waals surface area contributed by atoms with Gasteiger partial charge in [-0.2, -0.15) is 0 Å². The van der Waals surface area contributed by atoms with Crippen LogP contribution in [0.2, 0.25) is 0 Å². The van der Waals surface area contributed by atoms with Crippen LogP contribution in [-0.2, 0) is 14.8 Å². The highest BCUT2D eigenvalue weighted by atomic mass is 32.2. The highest BCUT2D eigenvalue weighted by Gasteiger charge is 2.24. The van der Waals surface area contributed by atoms with Gasteiger partial charge in [0.2, 0.25) is 10.0 Å². The van der Waals surface area contributed by atoms with Gasteiger partial charge in [0.15, 0.2) is 0 Å². The van der Waals surface area contributed by atoms with Crippen molar-refractivity contribution in [1.29, 1.82) is 0 Å². The van der Waals surface area contributed by atoms with Crippen LogP contribution < -0.4 is 9.46 Å². The van der Waals surface area contributed by atoms with Gasteiger partial charge < -0.3 is 14.4 Å². The van der Waals surface area contributed by atoms with E-state index in [0.717, 1.165) is 0 Å². The molecule has 1 fully saturated rings. The Morgan fingerprint density at radius 1 is 1.36 bits per heavy atom. The number of ether oxygens (including phenoxy) is 2. The molecule has 0 aromatic heterocycles. The maximum Gasteiger partial charge on any atom is 0.257 e. The molecule has 0 atom stereocenters. The van der Waals surface area contributed by atoms with E-state index in [0.29, 0.717) is 32.1 Å². The van der Waals surface area contributed by atoms with Crippen LogP contribution in [0.4, 0.5) is 0 Å². The van der Waals surface area contributed by atoms with Crippen molar-refractivity contribution in [2.24, 2.45) is 0 Å². The number of rotatable bonds is 5. The van der Waals surface area contributed by atoms with E-state index in [1.54, 1.807) is 11.8 Å². The molecule has 1 aliphatic rings. The summed E-state index contributed by atoms with van der Waals surface area (Å²) < 4.78 is 37.0. The van der Waals surface area contributed by atoms with Gasteiger partial charge in [0.05, 0.1) is 30.8 Å². The molecular formula is C14H20N2O5S. The Hall–Kier alpha value is -1.64. The fourth-order valence-electron chi connectivity index (χ4n) is 2.23. The fraction of sp³-hybridized carbons (Fsp3) is 0.500. The summed E-state index contributed by atoms with van der Waals surface area (Å²) in [5, 5.41) is 0. The van der Waals surface area contributed by atoms with Gasteiger partial charge in [-0.1, -0.05) is 6.92 Å². The number of sulfonamides is 1. The third kappa shape index (κ3) is 3.57. The first-order valence-electron chi connectivity index (χ1n) is 7.04. The number of benzene rings is 1. The topological polar surface area (TPSA) is 84.9 Å². The number of methoxy groups -OCH3 is 1. The van der Waals surface area contributed by atoms with E-state index in [2.05, 4.69) is 4.72 Å². The Kier molecular flexibility index (Phi) is 5.38. The van der Waals surface area contributed by atoms with Crippen LogP contribution in [0, 0.1) is 0 Å². The number of amides is 1. The van der Waals surface area contributed by atoms with E-state index in [1.807, 2.05) is 0 Å². The molecule has 0 spiro atoms. The van der Waals surface area contributed by atoms with Crippen molar-refractivity contribution in [2.75, 3.05) is 40.0 Å². The van der Waals surface area contributed by atoms with E-state index in [-0.39, 0.29) is 22.9 Å². The van der Waals surface area contributed by atoms with Crippen LogP contribution in [0.5, 0.6) is 5.75 Å². The Balaban J connectivity index is 2.38. The molecule has 122 valence electrons. The van der Waals surface area contributed by atoms with Crippen LogP contribution in [0.3, 0.4) is 0 Å². The molecule has 1 amide bonds. The first-order chi connectivity index (χ1) is 10.5. The van der Waals surface area contributed by atoms with Gasteiger partial charge in [-0.3, -0.25) is 4.79 Å². The molecule has 1 aromatic rings. The molecule has 0 bridgehead atoms. The van der Waals surface area contributed by atoms with Crippen LogP contribution in [0.15, 0.2) is 23.1 Å². The highest BCUT2D eigenvalue weighted by molar-refractivity contribution is 7.89. The van der Waals surface area contributed by atoms with Crippen molar-refractivity contribution < 1.29 is 22.7 Å². The maximum atomic E-state index is 12.6. The monoisotopic (exact) mass is 328 g/mol. The van der Waals surface area contributed by atoms with Crippen LogP contribution in [0.1, 0.15) is 17.3 Å². The molecule has 1 saturated heterocycles. The normalized spacial score (nSPS) is 15.6. The van der Waals surface area contributed by atoms with Crippen molar-refractivity contribution in [3.05, 3.63) is 23.8 Å². The molecule has 1 aliphatic heterocycles. The number of carbonyl (C=O) groups excluding carboxylic acids is 1. The fourth-order valence-corrected chi connectivity index (χ4v) is 3.30. The van der Waals surface area contributed by atoms with E-state index < -0.39 is 10.0 Å². The summed E-state index contributed by atoms with van der Waals surface area (Å²) in [6, 6.07) is 4.28. The van der Waals surface area contributed by atoms with E-state index in [4.69, 9.17) is 9.47 Å². The lowest BCUT2D eigenvalue weighted by atomic mass is 10.1. The first-order valence-corrected chi connectivity index (χ1v) is 8.52. The molecule has 7 nitrogen and oxygen atoms in total. The lowest BCUT2D eigenvalue weighted by molar-refractivity contribution is 0.0300. The lowest BCUT2D eigenvalue weighted by Crippen LogP contribution is -2.40. The van der Waals surface area contributed by atoms with Gasteiger partial charge in [0.1, 0.15) is 5.75 Å². The van der Waals surface area contributed by atoms with Crippen molar-refractivity contribution in [3.63, 3.8) is 0 Å². The largest absolute Gasteiger partial charge is 0.496 e. The second-order valence-electron chi connectivity index (χ2n) is 4.77. The van der Waals surface area contributed by atoms with Crippen molar-refractivity contribution in [1.82, 2.24) is 9.62 Å². The van der Waals surface area contributed by atoms with Gasteiger partial charge in [-0.05, 0) is 18.2 Å². The molecular weight excluding hydrogens is 308 g/mol. The average molecular weight is 328 g/mol. The number of morpholine rings is 1. The van der Waals surface area contributed by atoms with Gasteiger partial charge >= 0.3 is 0 Å². The second kappa shape index (κ2) is 7.08. The Morgan fingerprint density at radius 2 is 2.05 bits per heavy atom. The summed E-state index contributed by atoms with van der Waals surface area (Å²) in [7, 11) is -2.17. The van der Waals surface area contributed by atoms with Gasteiger partial charge in [0, 0.05) is 19.6 Å². The van der Waals surface area contributed by atoms with Crippen molar-refractivity contribution >= 4 is 15.9 Å². The maximum absolute atomic E-state index is 12.6. The molecule has 1 aromatic carbocycles. The molecule has 22 heavy (non-hydrogen) atoms. The van der Waals surface area contributed by atoms with Crippen LogP contribution in [-0.4, -0.2) is 59.2 Å². The summed E-state index contributed by atoms with van der Waals surface area (Å²) in [6.45, 7) is 3.88. The molecule has 1 heterocycles. The third-order valence-electron chi connectivity index (χ3n) is 3.34. The van der Waals surface area contributed by atoms with Crippen LogP contribution in [0.25, 0.3) is 0 Å². The predicted octanol–water partition coefficient (Wildman–Crippen LogP) is 0.466. The zero-order chi connectivity index (χ0) is 16.2. The quantitative estimate of drug-likeness (QED) is 0.849. The van der Waals surface area contributed by atoms with Gasteiger partial charge in [0.25, 0.3) is 5.91 Å². The minimum atomic E-state index is -3.62. The Bertz CT molecular complexity index is 639. The molecule has 1 N–H and O–H groups in total. The molecule has 0 saturated carbocycles. The van der Waals surface area contributed by atoms with Crippen molar-refractivity contribution in [2.45, 2.75) is 11.8 Å². The summed E-state index contributed by atoms with van der Waals surface area (Å²) in [6.07, 6.45) is 0. The number of nitrogens with one attached hydrogen (secondary N) is 1. The van der Waals surface area contributed by atoms with Crippen LogP contribution >= 0.6 is 0 Å². The Labute approximate surface area is 130 Å². The number of carbonyl (C=O) groups is 1. The SMILES string of the molecule is CCNS(=O)(=O)c1ccc(OC)c(C(=O)N2CCOCC2)c1. The van der Waals surface area contributed by atoms with E-state index in [1.165, 1.54) is 25.3 Å². The van der Waals surface area contributed by atoms with E-state index >= 15 is 0 Å². The first kappa shape index (κ1) is 16.7. The zero-order valence-electron chi connectivity index (χ0n) is 12.7. The number of hydrogen-bond donors (Lipinski definition) is 1. The molecule has 0 unspecified atom stereocenters. The molecule has 0 radical (unpaired) electrons. The zero-order valence-corrected chi connectivity index (χ0v) is 13.5. The molecule has 2 rings (SSSR count). The summed E-state index contributed by atoms with van der Waals surface area (Å²) >= 11 is 0. The minimum Gasteiger partial charge on any atom is -0.496 e. The lowest BCUT2D eigenvalue weighted by Gasteiger charge is -2.27. The van der Waals surface area contributed by atoms with Crippen molar-refractivity contribution in [3.8, 4) is 5.75 Å². The number of nitrogens with zero attached hydrogens (tertiary/aromatic N) is 1. The van der Waals surface area contributed by atoms with Gasteiger partial charge in [-0.25, -0.2) is 13.1 Å². The smallest absolute Gasteiger partial charge is 0.257 e. The third-order valence-corrected chi connectivity index (χ3v) is 4.89. The van der Waals surface area contributed by atoms with E-state index in [9.17, 15) is 13.2 Å². The predicted molar refractivity (Wildman–Crippen MR) is 80.6 cm³/mol. The summed E-state index contributed by atoms with van der Waals surface area (Å²) in [5.74, 6) is 0.0978. The standard InChI is InChI=1S/C14H20N2O5S/c1-3-15-22(18,19)11-4-5-13(20-2)12(10-11)14(17)16-6-8-21-9-7-16/h4-5,10,15H,3,6-9H2,1-2H3. The second-order valence-corrected chi connectivity index (χ2v) is 6.53. The average Bonchev–Trinajstić information content (AvgIpc) is 2.54. The molecule has 8 heteroatoms. The number of hydrogen-bond acceptors (Lipinski definition) is 5. The van der Waals surface area contributed by atoms with Gasteiger partial charge in [-0.15, -0.1) is 0 Å². The summed E-state index contributed by atoms with van der Waals surface area (Å²) in [5.41, 5.74) is 0.239. The highest BCUT2D eigenvalue weighted by Crippen LogP contribution is 2.24. The molecule has 0 aliphatic carbocycles.